The molecule has 0 spiro atoms. The van der Waals surface area contributed by atoms with Gasteiger partial charge >= 0.3 is 6.61 Å². The number of hydrogen-bond donors (Lipinski definition) is 2. The van der Waals surface area contributed by atoms with Crippen LogP contribution in [0, 0.1) is 0 Å². The highest BCUT2D eigenvalue weighted by Crippen LogP contribution is 2.29. The fourth-order valence-corrected chi connectivity index (χ4v) is 2.63. The van der Waals surface area contributed by atoms with Crippen LogP contribution in [-0.2, 0) is 13.1 Å². The first-order valence-electron chi connectivity index (χ1n) is 9.21. The number of nitrogens with zero attached hydrogens (tertiary/aromatic N) is 2. The summed E-state index contributed by atoms with van der Waals surface area (Å²) in [6, 6.07) is 12.1. The number of benzene rings is 2. The van der Waals surface area contributed by atoms with Crippen molar-refractivity contribution in [1.29, 1.82) is 0 Å². The van der Waals surface area contributed by atoms with Gasteiger partial charge in [0.1, 0.15) is 0 Å². The number of guanidine groups is 1. The smallest absolute Gasteiger partial charge is 0.387 e. The number of amides is 1. The van der Waals surface area contributed by atoms with E-state index in [9.17, 15) is 13.6 Å². The molecule has 30 heavy (non-hydrogen) atoms. The molecule has 0 saturated carbocycles. The van der Waals surface area contributed by atoms with Crippen molar-refractivity contribution >= 4 is 11.9 Å². The van der Waals surface area contributed by atoms with E-state index >= 15 is 0 Å². The molecule has 2 rings (SSSR count). The average Bonchev–Trinajstić information content (AvgIpc) is 2.73. The summed E-state index contributed by atoms with van der Waals surface area (Å²) in [5, 5.41) is 6.28. The number of ether oxygens (including phenoxy) is 2. The topological polar surface area (TPSA) is 75.2 Å². The fraction of sp³-hybridized carbons (Fsp3) is 0.333. The molecule has 9 heteroatoms. The first-order chi connectivity index (χ1) is 14.3. The number of alkyl halides is 2. The molecule has 0 saturated heterocycles. The van der Waals surface area contributed by atoms with Crippen molar-refractivity contribution in [2.75, 3.05) is 28.3 Å². The van der Waals surface area contributed by atoms with Gasteiger partial charge in [0.2, 0.25) is 0 Å². The molecule has 0 fully saturated rings. The molecule has 0 bridgehead atoms. The Morgan fingerprint density at radius 2 is 1.63 bits per heavy atom. The summed E-state index contributed by atoms with van der Waals surface area (Å²) in [7, 11) is 6.44. The summed E-state index contributed by atoms with van der Waals surface area (Å²) in [6.07, 6.45) is 0. The van der Waals surface area contributed by atoms with Gasteiger partial charge in [-0.1, -0.05) is 18.2 Å². The molecule has 0 aromatic heterocycles. The molecule has 0 atom stereocenters. The Hall–Kier alpha value is -3.36. The van der Waals surface area contributed by atoms with Crippen LogP contribution in [0.1, 0.15) is 21.5 Å². The van der Waals surface area contributed by atoms with Gasteiger partial charge in [0.25, 0.3) is 5.91 Å². The minimum atomic E-state index is -2.93. The maximum absolute atomic E-state index is 12.6. The molecule has 0 aliphatic carbocycles. The molecule has 2 N–H and O–H groups in total. The van der Waals surface area contributed by atoms with E-state index < -0.39 is 6.61 Å². The third-order valence-corrected chi connectivity index (χ3v) is 4.19. The van der Waals surface area contributed by atoms with Crippen molar-refractivity contribution < 1.29 is 23.0 Å². The van der Waals surface area contributed by atoms with Gasteiger partial charge in [-0.3, -0.25) is 9.79 Å². The number of rotatable bonds is 8. The molecule has 0 radical (unpaired) electrons. The van der Waals surface area contributed by atoms with Crippen LogP contribution >= 0.6 is 0 Å². The fourth-order valence-electron chi connectivity index (χ4n) is 2.63. The second-order valence-corrected chi connectivity index (χ2v) is 6.54. The van der Waals surface area contributed by atoms with Gasteiger partial charge in [0, 0.05) is 39.8 Å². The van der Waals surface area contributed by atoms with Crippen molar-refractivity contribution in [1.82, 2.24) is 15.5 Å². The van der Waals surface area contributed by atoms with E-state index in [0.29, 0.717) is 24.6 Å². The van der Waals surface area contributed by atoms with Crippen molar-refractivity contribution in [2.24, 2.45) is 4.99 Å². The number of carbonyl (C=O) groups is 1. The zero-order chi connectivity index (χ0) is 22.1. The van der Waals surface area contributed by atoms with E-state index in [2.05, 4.69) is 20.4 Å². The Morgan fingerprint density at radius 1 is 1.03 bits per heavy atom. The zero-order valence-corrected chi connectivity index (χ0v) is 17.4. The highest BCUT2D eigenvalue weighted by molar-refractivity contribution is 5.93. The summed E-state index contributed by atoms with van der Waals surface area (Å²) >= 11 is 0. The van der Waals surface area contributed by atoms with Crippen LogP contribution in [0.25, 0.3) is 0 Å². The highest BCUT2D eigenvalue weighted by atomic mass is 19.3. The molecule has 0 heterocycles. The van der Waals surface area contributed by atoms with Crippen molar-refractivity contribution in [3.8, 4) is 11.5 Å². The number of methoxy groups -OCH3 is 1. The van der Waals surface area contributed by atoms with Crippen LogP contribution in [0.2, 0.25) is 0 Å². The first-order valence-corrected chi connectivity index (χ1v) is 9.21. The van der Waals surface area contributed by atoms with E-state index in [1.54, 1.807) is 45.4 Å². The van der Waals surface area contributed by atoms with E-state index in [4.69, 9.17) is 4.74 Å². The van der Waals surface area contributed by atoms with Crippen LogP contribution < -0.4 is 20.1 Å². The zero-order valence-electron chi connectivity index (χ0n) is 17.4. The minimum Gasteiger partial charge on any atom is -0.493 e. The lowest BCUT2D eigenvalue weighted by Gasteiger charge is -2.14. The molecule has 2 aromatic carbocycles. The van der Waals surface area contributed by atoms with Gasteiger partial charge in [-0.05, 0) is 35.4 Å². The number of aliphatic imine (C=N–C) groups is 1. The molecule has 162 valence electrons. The lowest BCUT2D eigenvalue weighted by molar-refractivity contribution is -0.0512. The van der Waals surface area contributed by atoms with Crippen LogP contribution in [-0.4, -0.2) is 51.6 Å². The average molecular weight is 420 g/mol. The highest BCUT2D eigenvalue weighted by Gasteiger charge is 2.12. The van der Waals surface area contributed by atoms with Gasteiger partial charge < -0.3 is 25.0 Å². The van der Waals surface area contributed by atoms with Crippen molar-refractivity contribution in [3.05, 3.63) is 59.2 Å². The maximum atomic E-state index is 12.6. The Labute approximate surface area is 174 Å². The molecule has 0 unspecified atom stereocenters. The van der Waals surface area contributed by atoms with E-state index in [1.807, 2.05) is 12.1 Å². The molecule has 7 nitrogen and oxygen atoms in total. The van der Waals surface area contributed by atoms with Gasteiger partial charge in [0.15, 0.2) is 17.5 Å². The molecular weight excluding hydrogens is 394 g/mol. The minimum absolute atomic E-state index is 0.0258. The Morgan fingerprint density at radius 3 is 2.17 bits per heavy atom. The second-order valence-electron chi connectivity index (χ2n) is 6.54. The van der Waals surface area contributed by atoms with Gasteiger partial charge in [-0.2, -0.15) is 8.78 Å². The predicted molar refractivity (Wildman–Crippen MR) is 111 cm³/mol. The molecule has 2 aromatic rings. The maximum Gasteiger partial charge on any atom is 0.387 e. The van der Waals surface area contributed by atoms with Crippen LogP contribution in [0.4, 0.5) is 8.78 Å². The normalized spacial score (nSPS) is 11.2. The molecule has 0 aliphatic rings. The van der Waals surface area contributed by atoms with Crippen LogP contribution in [0.15, 0.2) is 47.5 Å². The standard InChI is InChI=1S/C21H26F2N4O3/c1-24-21(25-12-14-5-8-16(9-6-14)19(28)27(2)3)26-13-15-7-10-17(29-4)18(11-15)30-20(22)23/h5-11,20H,12-13H2,1-4H3,(H2,24,25,26). The van der Waals surface area contributed by atoms with Crippen molar-refractivity contribution in [2.45, 2.75) is 19.7 Å². The monoisotopic (exact) mass is 420 g/mol. The summed E-state index contributed by atoms with van der Waals surface area (Å²) in [5.41, 5.74) is 2.32. The molecule has 1 amide bonds. The first kappa shape index (κ1) is 22.9. The Bertz CT molecular complexity index is 871. The lowest BCUT2D eigenvalue weighted by atomic mass is 10.1. The summed E-state index contributed by atoms with van der Waals surface area (Å²) in [4.78, 5) is 17.6. The number of nitrogens with one attached hydrogen (secondary N) is 2. The third kappa shape index (κ3) is 6.61. The summed E-state index contributed by atoms with van der Waals surface area (Å²) < 4.78 is 34.7. The number of carbonyl (C=O) groups excluding carboxylic acids is 1. The van der Waals surface area contributed by atoms with Gasteiger partial charge in [-0.25, -0.2) is 0 Å². The van der Waals surface area contributed by atoms with Gasteiger partial charge in [0.05, 0.1) is 7.11 Å². The summed E-state index contributed by atoms with van der Waals surface area (Å²) in [5.74, 6) is 0.692. The second kappa shape index (κ2) is 11.0. The van der Waals surface area contributed by atoms with Crippen molar-refractivity contribution in [3.63, 3.8) is 0 Å². The largest absolute Gasteiger partial charge is 0.493 e. The molecular formula is C21H26F2N4O3. The number of halogens is 2. The van der Waals surface area contributed by atoms with Crippen LogP contribution in [0.5, 0.6) is 11.5 Å². The third-order valence-electron chi connectivity index (χ3n) is 4.19. The lowest BCUT2D eigenvalue weighted by Crippen LogP contribution is -2.36. The van der Waals surface area contributed by atoms with E-state index in [1.165, 1.54) is 18.1 Å². The quantitative estimate of drug-likeness (QED) is 0.507. The predicted octanol–water partition coefficient (Wildman–Crippen LogP) is 2.86. The summed E-state index contributed by atoms with van der Waals surface area (Å²) in [6.45, 7) is -2.09. The van der Waals surface area contributed by atoms with Crippen LogP contribution in [0.3, 0.4) is 0 Å². The SMILES string of the molecule is CN=C(NCc1ccc(C(=O)N(C)C)cc1)NCc1ccc(OC)c(OC(F)F)c1. The van der Waals surface area contributed by atoms with E-state index in [-0.39, 0.29) is 17.4 Å². The Balaban J connectivity index is 1.93. The molecule has 0 aliphatic heterocycles. The number of hydrogen-bond acceptors (Lipinski definition) is 4. The van der Waals surface area contributed by atoms with E-state index in [0.717, 1.165) is 11.1 Å². The van der Waals surface area contributed by atoms with Gasteiger partial charge in [-0.15, -0.1) is 0 Å². The Kier molecular flexibility index (Phi) is 8.40.